The molecule has 2 nitrogen and oxygen atoms in total. The zero-order valence-electron chi connectivity index (χ0n) is 10.2. The zero-order valence-corrected chi connectivity index (χ0v) is 11.0. The fourth-order valence-electron chi connectivity index (χ4n) is 2.24. The Kier molecular flexibility index (Phi) is 5.20. The molecule has 3 heteroatoms. The second-order valence-corrected chi connectivity index (χ2v) is 6.36. The molecule has 0 amide bonds. The summed E-state index contributed by atoms with van der Waals surface area (Å²) in [5.74, 6) is 1.77. The number of hydrogen-bond donors (Lipinski definition) is 1. The Morgan fingerprint density at radius 2 is 1.88 bits per heavy atom. The number of aryl methyl sites for hydroxylation is 1. The molecule has 2 rings (SSSR count). The molecule has 0 bridgehead atoms. The molecule has 1 aromatic carbocycles. The van der Waals surface area contributed by atoms with Crippen LogP contribution in [0.3, 0.4) is 0 Å². The van der Waals surface area contributed by atoms with Crippen LogP contribution in [0.4, 0.5) is 0 Å². The van der Waals surface area contributed by atoms with Gasteiger partial charge in [0.05, 0.1) is 0 Å². The van der Waals surface area contributed by atoms with Crippen molar-refractivity contribution in [3.8, 4) is 0 Å². The average molecular weight is 251 g/mol. The van der Waals surface area contributed by atoms with Gasteiger partial charge in [0.1, 0.15) is 0 Å². The van der Waals surface area contributed by atoms with E-state index in [-0.39, 0.29) is 0 Å². The first-order chi connectivity index (χ1) is 8.34. The normalized spacial score (nSPS) is 24.7. The van der Waals surface area contributed by atoms with E-state index in [1.807, 2.05) is 0 Å². The maximum Gasteiger partial charge on any atom is 0.0249 e. The molecule has 1 aromatic rings. The average Bonchev–Trinajstić information content (AvgIpc) is 2.38. The van der Waals surface area contributed by atoms with E-state index < -0.39 is 10.8 Å². The van der Waals surface area contributed by atoms with Crippen LogP contribution < -0.4 is 5.32 Å². The molecule has 0 aromatic heterocycles. The van der Waals surface area contributed by atoms with Gasteiger partial charge in [-0.05, 0) is 37.8 Å². The summed E-state index contributed by atoms with van der Waals surface area (Å²) in [6, 6.07) is 11.2. The topological polar surface area (TPSA) is 29.1 Å². The van der Waals surface area contributed by atoms with E-state index in [0.717, 1.165) is 37.3 Å². The fourth-order valence-corrected chi connectivity index (χ4v) is 3.54. The lowest BCUT2D eigenvalue weighted by molar-refractivity contribution is 0.471. The Balaban J connectivity index is 1.59. The summed E-state index contributed by atoms with van der Waals surface area (Å²) in [4.78, 5) is 0. The van der Waals surface area contributed by atoms with Gasteiger partial charge in [0.2, 0.25) is 0 Å². The molecule has 1 heterocycles. The molecule has 1 aliphatic rings. The summed E-state index contributed by atoms with van der Waals surface area (Å²) < 4.78 is 11.2. The highest BCUT2D eigenvalue weighted by Gasteiger charge is 2.16. The van der Waals surface area contributed by atoms with E-state index >= 15 is 0 Å². The Hall–Kier alpha value is -0.670. The van der Waals surface area contributed by atoms with Crippen LogP contribution >= 0.6 is 0 Å². The van der Waals surface area contributed by atoms with E-state index in [2.05, 4.69) is 35.6 Å². The van der Waals surface area contributed by atoms with Crippen molar-refractivity contribution >= 4 is 10.8 Å². The van der Waals surface area contributed by atoms with Gasteiger partial charge in [-0.25, -0.2) is 0 Å². The highest BCUT2D eigenvalue weighted by Crippen LogP contribution is 2.09. The smallest absolute Gasteiger partial charge is 0.0249 e. The van der Waals surface area contributed by atoms with Crippen LogP contribution in [0.1, 0.15) is 24.8 Å². The molecular weight excluding hydrogens is 230 g/mol. The second-order valence-electron chi connectivity index (χ2n) is 4.67. The molecule has 0 unspecified atom stereocenters. The van der Waals surface area contributed by atoms with Gasteiger partial charge in [-0.15, -0.1) is 0 Å². The minimum absolute atomic E-state index is 0.538. The predicted molar refractivity (Wildman–Crippen MR) is 73.7 cm³/mol. The van der Waals surface area contributed by atoms with Gasteiger partial charge < -0.3 is 5.32 Å². The van der Waals surface area contributed by atoms with Crippen LogP contribution in [0.15, 0.2) is 30.3 Å². The summed E-state index contributed by atoms with van der Waals surface area (Å²) in [5.41, 5.74) is 1.42. The third-order valence-corrected chi connectivity index (χ3v) is 4.69. The molecule has 0 saturated carbocycles. The standard InChI is InChI=1S/C14H21NOS/c16-17-11-8-14(9-12-17)15-10-4-7-13-5-2-1-3-6-13/h1-3,5-6,14-15H,4,7-12H2. The largest absolute Gasteiger partial charge is 0.314 e. The predicted octanol–water partition coefficient (Wildman–Crippen LogP) is 2.12. The van der Waals surface area contributed by atoms with Crippen molar-refractivity contribution in [3.05, 3.63) is 35.9 Å². The van der Waals surface area contributed by atoms with Gasteiger partial charge in [-0.1, -0.05) is 30.3 Å². The first kappa shape index (κ1) is 12.8. The van der Waals surface area contributed by atoms with E-state index in [1.165, 1.54) is 12.0 Å². The van der Waals surface area contributed by atoms with Crippen molar-refractivity contribution in [1.82, 2.24) is 5.32 Å². The Morgan fingerprint density at radius 3 is 2.59 bits per heavy atom. The SMILES string of the molecule is O=S1CCC(NCCCc2ccccc2)CC1. The van der Waals surface area contributed by atoms with E-state index in [9.17, 15) is 4.21 Å². The lowest BCUT2D eigenvalue weighted by Gasteiger charge is -2.22. The summed E-state index contributed by atoms with van der Waals surface area (Å²) >= 11 is 0. The van der Waals surface area contributed by atoms with Crippen molar-refractivity contribution in [2.24, 2.45) is 0 Å². The van der Waals surface area contributed by atoms with Crippen LogP contribution in [0.25, 0.3) is 0 Å². The van der Waals surface area contributed by atoms with E-state index in [0.29, 0.717) is 6.04 Å². The molecule has 1 aliphatic heterocycles. The second kappa shape index (κ2) is 6.92. The summed E-state index contributed by atoms with van der Waals surface area (Å²) in [7, 11) is -0.538. The van der Waals surface area contributed by atoms with Crippen molar-refractivity contribution < 1.29 is 4.21 Å². The maximum absolute atomic E-state index is 11.2. The van der Waals surface area contributed by atoms with Crippen LogP contribution in [-0.4, -0.2) is 28.3 Å². The quantitative estimate of drug-likeness (QED) is 0.812. The van der Waals surface area contributed by atoms with Crippen molar-refractivity contribution in [1.29, 1.82) is 0 Å². The first-order valence-corrected chi connectivity index (χ1v) is 7.96. The third-order valence-electron chi connectivity index (χ3n) is 3.31. The molecule has 1 fully saturated rings. The molecular formula is C14H21NOS. The minimum Gasteiger partial charge on any atom is -0.314 e. The number of nitrogens with one attached hydrogen (secondary N) is 1. The lowest BCUT2D eigenvalue weighted by atomic mass is 10.1. The van der Waals surface area contributed by atoms with Crippen LogP contribution in [0, 0.1) is 0 Å². The van der Waals surface area contributed by atoms with Gasteiger partial charge in [0, 0.05) is 28.3 Å². The van der Waals surface area contributed by atoms with Gasteiger partial charge >= 0.3 is 0 Å². The first-order valence-electron chi connectivity index (χ1n) is 6.47. The van der Waals surface area contributed by atoms with Gasteiger partial charge in [0.25, 0.3) is 0 Å². The molecule has 17 heavy (non-hydrogen) atoms. The van der Waals surface area contributed by atoms with Crippen LogP contribution in [0.2, 0.25) is 0 Å². The fraction of sp³-hybridized carbons (Fsp3) is 0.571. The Morgan fingerprint density at radius 1 is 1.18 bits per heavy atom. The zero-order chi connectivity index (χ0) is 11.9. The lowest BCUT2D eigenvalue weighted by Crippen LogP contribution is -2.36. The summed E-state index contributed by atoms with van der Waals surface area (Å²) in [6.45, 7) is 1.08. The molecule has 0 radical (unpaired) electrons. The highest BCUT2D eigenvalue weighted by molar-refractivity contribution is 7.85. The molecule has 94 valence electrons. The Labute approximate surface area is 106 Å². The summed E-state index contributed by atoms with van der Waals surface area (Å²) in [6.07, 6.45) is 4.49. The van der Waals surface area contributed by atoms with Crippen molar-refractivity contribution in [2.75, 3.05) is 18.1 Å². The summed E-state index contributed by atoms with van der Waals surface area (Å²) in [5, 5.41) is 3.58. The third kappa shape index (κ3) is 4.60. The highest BCUT2D eigenvalue weighted by atomic mass is 32.2. The molecule has 0 spiro atoms. The monoisotopic (exact) mass is 251 g/mol. The minimum atomic E-state index is -0.538. The van der Waals surface area contributed by atoms with Gasteiger partial charge in [-0.2, -0.15) is 0 Å². The maximum atomic E-state index is 11.2. The molecule has 0 aliphatic carbocycles. The molecule has 1 saturated heterocycles. The van der Waals surface area contributed by atoms with E-state index in [4.69, 9.17) is 0 Å². The molecule has 1 N–H and O–H groups in total. The van der Waals surface area contributed by atoms with Crippen molar-refractivity contribution in [2.45, 2.75) is 31.7 Å². The number of benzene rings is 1. The number of rotatable bonds is 5. The molecule has 0 atom stereocenters. The van der Waals surface area contributed by atoms with Gasteiger partial charge in [0.15, 0.2) is 0 Å². The van der Waals surface area contributed by atoms with Crippen molar-refractivity contribution in [3.63, 3.8) is 0 Å². The Bertz CT molecular complexity index is 342. The van der Waals surface area contributed by atoms with Gasteiger partial charge in [-0.3, -0.25) is 4.21 Å². The number of hydrogen-bond acceptors (Lipinski definition) is 2. The van der Waals surface area contributed by atoms with E-state index in [1.54, 1.807) is 0 Å². The van der Waals surface area contributed by atoms with Crippen LogP contribution in [0.5, 0.6) is 0 Å². The van der Waals surface area contributed by atoms with Crippen LogP contribution in [-0.2, 0) is 17.2 Å².